The maximum Gasteiger partial charge on any atom is 0.277 e. The molecule has 1 amide bonds. The summed E-state index contributed by atoms with van der Waals surface area (Å²) in [6.07, 6.45) is 5.09. The molecule has 0 unspecified atom stereocenters. The van der Waals surface area contributed by atoms with E-state index in [0.29, 0.717) is 0 Å². The van der Waals surface area contributed by atoms with E-state index in [1.165, 1.54) is 16.7 Å². The van der Waals surface area contributed by atoms with Gasteiger partial charge in [0.05, 0.1) is 18.8 Å². The van der Waals surface area contributed by atoms with Gasteiger partial charge in [0.1, 0.15) is 11.5 Å². The van der Waals surface area contributed by atoms with Crippen molar-refractivity contribution in [1.82, 2.24) is 24.9 Å². The van der Waals surface area contributed by atoms with Crippen LogP contribution in [0.1, 0.15) is 34.9 Å². The lowest BCUT2D eigenvalue weighted by Crippen LogP contribution is -2.29. The second-order valence-electron chi connectivity index (χ2n) is 7.00. The van der Waals surface area contributed by atoms with Crippen molar-refractivity contribution in [1.29, 1.82) is 0 Å². The number of carbonyl (C=O) groups is 1. The summed E-state index contributed by atoms with van der Waals surface area (Å²) >= 11 is 0. The minimum atomic E-state index is -0.484. The molecule has 1 fully saturated rings. The topological polar surface area (TPSA) is 93.8 Å². The van der Waals surface area contributed by atoms with Gasteiger partial charge in [-0.1, -0.05) is 17.3 Å². The van der Waals surface area contributed by atoms with Gasteiger partial charge < -0.3 is 15.2 Å². The Bertz CT molecular complexity index is 1050. The SMILES string of the molecule is O=C(Nc1cccn(Cc2ccc(F)cc2)c1=O)c1cn(C2CCNCC2)nn1. The molecule has 29 heavy (non-hydrogen) atoms. The van der Waals surface area contributed by atoms with Crippen molar-refractivity contribution >= 4 is 11.6 Å². The van der Waals surface area contributed by atoms with Crippen LogP contribution in [-0.4, -0.2) is 38.6 Å². The first-order chi connectivity index (χ1) is 14.1. The van der Waals surface area contributed by atoms with Gasteiger partial charge >= 0.3 is 0 Å². The fraction of sp³-hybridized carbons (Fsp3) is 0.300. The average molecular weight is 396 g/mol. The molecule has 1 saturated heterocycles. The van der Waals surface area contributed by atoms with Gasteiger partial charge in [0.2, 0.25) is 0 Å². The molecule has 3 heterocycles. The zero-order valence-electron chi connectivity index (χ0n) is 15.7. The first-order valence-corrected chi connectivity index (χ1v) is 9.48. The fourth-order valence-corrected chi connectivity index (χ4v) is 3.36. The predicted octanol–water partition coefficient (Wildman–Crippen LogP) is 1.80. The molecule has 8 nitrogen and oxygen atoms in total. The number of aromatic nitrogens is 4. The van der Waals surface area contributed by atoms with Gasteiger partial charge in [-0.25, -0.2) is 9.07 Å². The molecule has 1 aromatic carbocycles. The van der Waals surface area contributed by atoms with Crippen molar-refractivity contribution in [3.05, 3.63) is 76.2 Å². The quantitative estimate of drug-likeness (QED) is 0.686. The number of halogens is 1. The van der Waals surface area contributed by atoms with E-state index in [0.717, 1.165) is 31.5 Å². The van der Waals surface area contributed by atoms with Crippen LogP contribution < -0.4 is 16.2 Å². The Morgan fingerprint density at radius 2 is 1.97 bits per heavy atom. The second kappa shape index (κ2) is 8.36. The van der Waals surface area contributed by atoms with E-state index in [4.69, 9.17) is 0 Å². The van der Waals surface area contributed by atoms with Gasteiger partial charge in [-0.2, -0.15) is 0 Å². The van der Waals surface area contributed by atoms with E-state index < -0.39 is 5.91 Å². The molecule has 1 aliphatic heterocycles. The zero-order chi connectivity index (χ0) is 20.2. The maximum absolute atomic E-state index is 13.1. The van der Waals surface area contributed by atoms with E-state index in [1.54, 1.807) is 41.3 Å². The fourth-order valence-electron chi connectivity index (χ4n) is 3.36. The Balaban J connectivity index is 1.48. The number of pyridine rings is 1. The van der Waals surface area contributed by atoms with Crippen molar-refractivity contribution < 1.29 is 9.18 Å². The number of nitrogens with one attached hydrogen (secondary N) is 2. The molecule has 150 valence electrons. The number of rotatable bonds is 5. The smallest absolute Gasteiger partial charge is 0.277 e. The highest BCUT2D eigenvalue weighted by atomic mass is 19.1. The predicted molar refractivity (Wildman–Crippen MR) is 105 cm³/mol. The summed E-state index contributed by atoms with van der Waals surface area (Å²) in [4.78, 5) is 25.2. The van der Waals surface area contributed by atoms with Crippen LogP contribution in [-0.2, 0) is 6.54 Å². The first-order valence-electron chi connectivity index (χ1n) is 9.48. The molecule has 0 atom stereocenters. The molecule has 1 aliphatic rings. The minimum absolute atomic E-state index is 0.149. The Morgan fingerprint density at radius 1 is 1.21 bits per heavy atom. The molecule has 9 heteroatoms. The Kier molecular flexibility index (Phi) is 5.48. The van der Waals surface area contributed by atoms with Crippen molar-refractivity contribution in [2.24, 2.45) is 0 Å². The van der Waals surface area contributed by atoms with Gasteiger partial charge in [-0.3, -0.25) is 9.59 Å². The molecule has 0 bridgehead atoms. The lowest BCUT2D eigenvalue weighted by Gasteiger charge is -2.22. The van der Waals surface area contributed by atoms with Gasteiger partial charge in [-0.05, 0) is 55.8 Å². The number of amides is 1. The molecule has 4 rings (SSSR count). The Morgan fingerprint density at radius 3 is 2.72 bits per heavy atom. The van der Waals surface area contributed by atoms with Gasteiger partial charge in [-0.15, -0.1) is 5.10 Å². The van der Waals surface area contributed by atoms with E-state index in [9.17, 15) is 14.0 Å². The van der Waals surface area contributed by atoms with Crippen LogP contribution >= 0.6 is 0 Å². The standard InChI is InChI=1S/C20H21FN6O2/c21-15-5-3-14(4-6-15)12-26-11-1-2-17(20(26)29)23-19(28)18-13-27(25-24-18)16-7-9-22-10-8-16/h1-6,11,13,16,22H,7-10,12H2,(H,23,28). The highest BCUT2D eigenvalue weighted by Gasteiger charge is 2.19. The summed E-state index contributed by atoms with van der Waals surface area (Å²) in [5.41, 5.74) is 0.741. The number of nitrogens with zero attached hydrogens (tertiary/aromatic N) is 4. The van der Waals surface area contributed by atoms with E-state index in [2.05, 4.69) is 20.9 Å². The lowest BCUT2D eigenvalue weighted by atomic mass is 10.1. The maximum atomic E-state index is 13.1. The van der Waals surface area contributed by atoms with E-state index in [1.807, 2.05) is 0 Å². The van der Waals surface area contributed by atoms with Crippen LogP contribution in [0.4, 0.5) is 10.1 Å². The number of anilines is 1. The first kappa shape index (κ1) is 19.0. The van der Waals surface area contributed by atoms with Crippen molar-refractivity contribution in [3.8, 4) is 0 Å². The molecular weight excluding hydrogens is 375 g/mol. The van der Waals surface area contributed by atoms with Crippen LogP contribution in [0.5, 0.6) is 0 Å². The van der Waals surface area contributed by atoms with E-state index >= 15 is 0 Å². The van der Waals surface area contributed by atoms with E-state index in [-0.39, 0.29) is 35.3 Å². The lowest BCUT2D eigenvalue weighted by molar-refractivity contribution is 0.102. The summed E-state index contributed by atoms with van der Waals surface area (Å²) in [6.45, 7) is 2.09. The number of piperidine rings is 1. The normalized spacial score (nSPS) is 14.7. The monoisotopic (exact) mass is 396 g/mol. The summed E-state index contributed by atoms with van der Waals surface area (Å²) in [6, 6.07) is 9.36. The molecule has 2 aromatic heterocycles. The molecule has 2 N–H and O–H groups in total. The Labute approximate surface area is 166 Å². The number of benzene rings is 1. The van der Waals surface area contributed by atoms with Crippen LogP contribution in [0.3, 0.4) is 0 Å². The number of carbonyl (C=O) groups excluding carboxylic acids is 1. The summed E-state index contributed by atoms with van der Waals surface area (Å²) in [5, 5.41) is 13.9. The van der Waals surface area contributed by atoms with Crippen LogP contribution in [0.15, 0.2) is 53.6 Å². The largest absolute Gasteiger partial charge is 0.317 e. The van der Waals surface area contributed by atoms with Crippen molar-refractivity contribution in [2.45, 2.75) is 25.4 Å². The molecule has 3 aromatic rings. The summed E-state index contributed by atoms with van der Waals surface area (Å²) < 4.78 is 16.2. The summed E-state index contributed by atoms with van der Waals surface area (Å²) in [5.74, 6) is -0.818. The van der Waals surface area contributed by atoms with Crippen LogP contribution in [0, 0.1) is 5.82 Å². The molecule has 0 radical (unpaired) electrons. The minimum Gasteiger partial charge on any atom is -0.317 e. The highest BCUT2D eigenvalue weighted by Crippen LogP contribution is 2.17. The Hall–Kier alpha value is -3.33. The van der Waals surface area contributed by atoms with Gasteiger partial charge in [0, 0.05) is 6.20 Å². The highest BCUT2D eigenvalue weighted by molar-refractivity contribution is 6.02. The number of hydrogen-bond donors (Lipinski definition) is 2. The number of hydrogen-bond acceptors (Lipinski definition) is 5. The molecule has 0 spiro atoms. The third-order valence-corrected chi connectivity index (χ3v) is 4.96. The zero-order valence-corrected chi connectivity index (χ0v) is 15.7. The molecule has 0 aliphatic carbocycles. The van der Waals surface area contributed by atoms with Crippen molar-refractivity contribution in [2.75, 3.05) is 18.4 Å². The van der Waals surface area contributed by atoms with Gasteiger partial charge in [0.15, 0.2) is 5.69 Å². The molecule has 0 saturated carbocycles. The average Bonchev–Trinajstić information content (AvgIpc) is 3.24. The van der Waals surface area contributed by atoms with Gasteiger partial charge in [0.25, 0.3) is 11.5 Å². The third kappa shape index (κ3) is 4.40. The summed E-state index contributed by atoms with van der Waals surface area (Å²) in [7, 11) is 0. The van der Waals surface area contributed by atoms with Crippen LogP contribution in [0.25, 0.3) is 0 Å². The van der Waals surface area contributed by atoms with Crippen LogP contribution in [0.2, 0.25) is 0 Å². The second-order valence-corrected chi connectivity index (χ2v) is 7.00. The third-order valence-electron chi connectivity index (χ3n) is 4.96. The molecular formula is C20H21FN6O2. The van der Waals surface area contributed by atoms with Crippen molar-refractivity contribution in [3.63, 3.8) is 0 Å².